The minimum Gasteiger partial charge on any atom is -0.481 e. The SMILES string of the molecule is Cc1ccc(C(C)(C)C)cc1C(C)(C)CCC(=O)O. The van der Waals surface area contributed by atoms with Crippen molar-refractivity contribution in [2.24, 2.45) is 0 Å². The quantitative estimate of drug-likeness (QED) is 0.871. The number of rotatable bonds is 4. The van der Waals surface area contributed by atoms with Crippen molar-refractivity contribution in [3.05, 3.63) is 34.9 Å². The Morgan fingerprint density at radius 2 is 1.74 bits per heavy atom. The molecular weight excluding hydrogens is 236 g/mol. The molecule has 0 amide bonds. The fourth-order valence-corrected chi connectivity index (χ4v) is 2.37. The summed E-state index contributed by atoms with van der Waals surface area (Å²) in [5, 5.41) is 8.88. The first kappa shape index (κ1) is 15.7. The Hall–Kier alpha value is -1.31. The van der Waals surface area contributed by atoms with E-state index in [2.05, 4.69) is 59.7 Å². The molecule has 0 saturated carbocycles. The molecule has 0 aliphatic rings. The molecule has 1 aromatic carbocycles. The fourth-order valence-electron chi connectivity index (χ4n) is 2.37. The van der Waals surface area contributed by atoms with E-state index in [0.29, 0.717) is 6.42 Å². The van der Waals surface area contributed by atoms with Crippen LogP contribution in [0.2, 0.25) is 0 Å². The lowest BCUT2D eigenvalue weighted by Gasteiger charge is -2.29. The maximum absolute atomic E-state index is 10.8. The van der Waals surface area contributed by atoms with Crippen LogP contribution >= 0.6 is 0 Å². The van der Waals surface area contributed by atoms with E-state index in [1.54, 1.807) is 0 Å². The third-order valence-electron chi connectivity index (χ3n) is 3.80. The predicted octanol–water partition coefficient (Wildman–Crippen LogP) is 4.43. The Bertz CT molecular complexity index is 465. The van der Waals surface area contributed by atoms with Crippen LogP contribution in [0.5, 0.6) is 0 Å². The summed E-state index contributed by atoms with van der Waals surface area (Å²) in [5.41, 5.74) is 3.82. The van der Waals surface area contributed by atoms with Gasteiger partial charge in [0.2, 0.25) is 0 Å². The summed E-state index contributed by atoms with van der Waals surface area (Å²) < 4.78 is 0. The molecule has 2 nitrogen and oxygen atoms in total. The number of benzene rings is 1. The Balaban J connectivity index is 3.14. The predicted molar refractivity (Wildman–Crippen MR) is 79.8 cm³/mol. The Morgan fingerprint density at radius 3 is 2.21 bits per heavy atom. The van der Waals surface area contributed by atoms with E-state index in [4.69, 9.17) is 5.11 Å². The second kappa shape index (κ2) is 5.36. The molecule has 0 heterocycles. The fraction of sp³-hybridized carbons (Fsp3) is 0.588. The first-order chi connectivity index (χ1) is 8.54. The number of aryl methyl sites for hydroxylation is 1. The summed E-state index contributed by atoms with van der Waals surface area (Å²) >= 11 is 0. The number of carboxylic acids is 1. The van der Waals surface area contributed by atoms with E-state index in [-0.39, 0.29) is 17.3 Å². The van der Waals surface area contributed by atoms with Gasteiger partial charge in [0.15, 0.2) is 0 Å². The molecule has 0 spiro atoms. The lowest BCUT2D eigenvalue weighted by Crippen LogP contribution is -2.22. The number of aliphatic carboxylic acids is 1. The first-order valence-corrected chi connectivity index (χ1v) is 6.87. The minimum absolute atomic E-state index is 0.107. The molecule has 106 valence electrons. The van der Waals surface area contributed by atoms with Gasteiger partial charge in [-0.1, -0.05) is 52.8 Å². The van der Waals surface area contributed by atoms with Gasteiger partial charge in [0, 0.05) is 6.42 Å². The molecule has 0 aromatic heterocycles. The van der Waals surface area contributed by atoms with Gasteiger partial charge in [-0.15, -0.1) is 0 Å². The highest BCUT2D eigenvalue weighted by Crippen LogP contribution is 2.34. The Morgan fingerprint density at radius 1 is 1.16 bits per heavy atom. The van der Waals surface area contributed by atoms with E-state index in [0.717, 1.165) is 0 Å². The molecular formula is C17H26O2. The van der Waals surface area contributed by atoms with Crippen LogP contribution in [-0.2, 0) is 15.6 Å². The smallest absolute Gasteiger partial charge is 0.303 e. The summed E-state index contributed by atoms with van der Waals surface area (Å²) in [6.07, 6.45) is 0.878. The molecule has 1 N–H and O–H groups in total. The summed E-state index contributed by atoms with van der Waals surface area (Å²) in [6.45, 7) is 13.0. The summed E-state index contributed by atoms with van der Waals surface area (Å²) in [4.78, 5) is 10.8. The lowest BCUT2D eigenvalue weighted by molar-refractivity contribution is -0.137. The molecule has 1 aromatic rings. The van der Waals surface area contributed by atoms with E-state index in [1.165, 1.54) is 16.7 Å². The van der Waals surface area contributed by atoms with E-state index >= 15 is 0 Å². The third kappa shape index (κ3) is 4.09. The van der Waals surface area contributed by atoms with Gasteiger partial charge in [0.25, 0.3) is 0 Å². The van der Waals surface area contributed by atoms with Crippen LogP contribution in [0.3, 0.4) is 0 Å². The maximum atomic E-state index is 10.8. The highest BCUT2D eigenvalue weighted by Gasteiger charge is 2.25. The number of carbonyl (C=O) groups is 1. The van der Waals surface area contributed by atoms with E-state index in [9.17, 15) is 4.79 Å². The highest BCUT2D eigenvalue weighted by molar-refractivity contribution is 5.66. The average molecular weight is 262 g/mol. The summed E-state index contributed by atoms with van der Waals surface area (Å²) in [7, 11) is 0. The lowest BCUT2D eigenvalue weighted by atomic mass is 9.75. The Labute approximate surface area is 116 Å². The van der Waals surface area contributed by atoms with Gasteiger partial charge < -0.3 is 5.11 Å². The zero-order valence-electron chi connectivity index (χ0n) is 13.0. The molecule has 0 aliphatic carbocycles. The van der Waals surface area contributed by atoms with Crippen LogP contribution in [0.4, 0.5) is 0 Å². The van der Waals surface area contributed by atoms with Gasteiger partial charge in [-0.3, -0.25) is 4.79 Å². The van der Waals surface area contributed by atoms with Crippen molar-refractivity contribution >= 4 is 5.97 Å². The number of hydrogen-bond acceptors (Lipinski definition) is 1. The minimum atomic E-state index is -0.724. The van der Waals surface area contributed by atoms with Crippen LogP contribution in [0, 0.1) is 6.92 Å². The number of hydrogen-bond donors (Lipinski definition) is 1. The van der Waals surface area contributed by atoms with Crippen molar-refractivity contribution in [1.29, 1.82) is 0 Å². The zero-order valence-corrected chi connectivity index (χ0v) is 13.0. The van der Waals surface area contributed by atoms with Crippen molar-refractivity contribution in [2.75, 3.05) is 0 Å². The Kier molecular flexibility index (Phi) is 4.44. The van der Waals surface area contributed by atoms with Crippen LogP contribution in [0.15, 0.2) is 18.2 Å². The van der Waals surface area contributed by atoms with Gasteiger partial charge in [0.05, 0.1) is 0 Å². The average Bonchev–Trinajstić information content (AvgIpc) is 2.25. The summed E-state index contributed by atoms with van der Waals surface area (Å²) in [5.74, 6) is -0.724. The second-order valence-corrected chi connectivity index (χ2v) is 7.06. The third-order valence-corrected chi connectivity index (χ3v) is 3.80. The monoisotopic (exact) mass is 262 g/mol. The highest BCUT2D eigenvalue weighted by atomic mass is 16.4. The zero-order chi connectivity index (χ0) is 14.8. The molecule has 19 heavy (non-hydrogen) atoms. The molecule has 0 aliphatic heterocycles. The molecule has 0 atom stereocenters. The molecule has 0 bridgehead atoms. The van der Waals surface area contributed by atoms with E-state index < -0.39 is 5.97 Å². The molecule has 0 unspecified atom stereocenters. The van der Waals surface area contributed by atoms with Gasteiger partial charge in [-0.05, 0) is 40.9 Å². The van der Waals surface area contributed by atoms with Gasteiger partial charge >= 0.3 is 5.97 Å². The van der Waals surface area contributed by atoms with Crippen LogP contribution in [0.1, 0.15) is 64.2 Å². The second-order valence-electron chi connectivity index (χ2n) is 7.06. The standard InChI is InChI=1S/C17H26O2/c1-12-7-8-13(16(2,3)4)11-14(12)17(5,6)10-9-15(18)19/h7-8,11H,9-10H2,1-6H3,(H,18,19). The van der Waals surface area contributed by atoms with Gasteiger partial charge in [-0.2, -0.15) is 0 Å². The summed E-state index contributed by atoms with van der Waals surface area (Å²) in [6, 6.07) is 6.57. The van der Waals surface area contributed by atoms with Gasteiger partial charge in [-0.25, -0.2) is 0 Å². The molecule has 0 saturated heterocycles. The normalized spacial score (nSPS) is 12.5. The molecule has 1 rings (SSSR count). The largest absolute Gasteiger partial charge is 0.481 e. The molecule has 2 heteroatoms. The van der Waals surface area contributed by atoms with Crippen LogP contribution in [0.25, 0.3) is 0 Å². The van der Waals surface area contributed by atoms with Crippen LogP contribution < -0.4 is 0 Å². The van der Waals surface area contributed by atoms with Crippen molar-refractivity contribution in [1.82, 2.24) is 0 Å². The van der Waals surface area contributed by atoms with E-state index in [1.807, 2.05) is 0 Å². The van der Waals surface area contributed by atoms with Crippen molar-refractivity contribution in [2.45, 2.75) is 65.2 Å². The topological polar surface area (TPSA) is 37.3 Å². The van der Waals surface area contributed by atoms with Crippen molar-refractivity contribution in [3.8, 4) is 0 Å². The first-order valence-electron chi connectivity index (χ1n) is 6.87. The van der Waals surface area contributed by atoms with Crippen molar-refractivity contribution in [3.63, 3.8) is 0 Å². The molecule has 0 radical (unpaired) electrons. The molecule has 0 fully saturated rings. The number of carboxylic acid groups (broad SMARTS) is 1. The maximum Gasteiger partial charge on any atom is 0.303 e. The van der Waals surface area contributed by atoms with Crippen molar-refractivity contribution < 1.29 is 9.90 Å². The van der Waals surface area contributed by atoms with Crippen LogP contribution in [-0.4, -0.2) is 11.1 Å². The van der Waals surface area contributed by atoms with Gasteiger partial charge in [0.1, 0.15) is 0 Å².